The molecule has 1 amide bonds. The summed E-state index contributed by atoms with van der Waals surface area (Å²) in [6, 6.07) is 0. The lowest BCUT2D eigenvalue weighted by Crippen LogP contribution is -2.42. The van der Waals surface area contributed by atoms with Crippen LogP contribution in [0.3, 0.4) is 0 Å². The number of amides is 1. The second kappa shape index (κ2) is 4.01. The summed E-state index contributed by atoms with van der Waals surface area (Å²) in [5.74, 6) is 0.918. The highest BCUT2D eigenvalue weighted by Crippen LogP contribution is 2.11. The van der Waals surface area contributed by atoms with Crippen LogP contribution >= 0.6 is 0 Å². The van der Waals surface area contributed by atoms with Gasteiger partial charge in [-0.25, -0.2) is 0 Å². The number of rotatable bonds is 1. The van der Waals surface area contributed by atoms with Crippen LogP contribution in [0, 0.1) is 0 Å². The smallest absolute Gasteiger partial charge is 0.274 e. The highest BCUT2D eigenvalue weighted by molar-refractivity contribution is 7.85. The van der Waals surface area contributed by atoms with E-state index in [-0.39, 0.29) is 5.91 Å². The minimum absolute atomic E-state index is 0.165. The largest absolute Gasteiger partial charge is 0.396 e. The number of carbonyl (C=O) groups is 1. The van der Waals surface area contributed by atoms with Crippen molar-refractivity contribution in [1.29, 1.82) is 0 Å². The Kier molecular flexibility index (Phi) is 2.72. The quantitative estimate of drug-likeness (QED) is 0.658. The summed E-state index contributed by atoms with van der Waals surface area (Å²) in [5, 5.41) is 6.27. The molecule has 3 N–H and O–H groups in total. The summed E-state index contributed by atoms with van der Waals surface area (Å²) in [4.78, 5) is 13.5. The first-order chi connectivity index (χ1) is 7.18. The van der Waals surface area contributed by atoms with E-state index in [1.54, 1.807) is 4.90 Å². The molecule has 1 fully saturated rings. The van der Waals surface area contributed by atoms with Crippen molar-refractivity contribution < 1.29 is 9.00 Å². The third kappa shape index (κ3) is 2.01. The lowest BCUT2D eigenvalue weighted by atomic mass is 10.3. The Hall–Kier alpha value is -1.37. The van der Waals surface area contributed by atoms with Crippen LogP contribution in [0.2, 0.25) is 0 Å². The number of anilines is 1. The van der Waals surface area contributed by atoms with E-state index in [2.05, 4.69) is 10.2 Å². The predicted octanol–water partition coefficient (Wildman–Crippen LogP) is -0.804. The summed E-state index contributed by atoms with van der Waals surface area (Å²) < 4.78 is 11.1. The first-order valence-corrected chi connectivity index (χ1v) is 6.10. The molecule has 1 aromatic heterocycles. The van der Waals surface area contributed by atoms with Gasteiger partial charge in [0.2, 0.25) is 0 Å². The maximum absolute atomic E-state index is 11.9. The Morgan fingerprint density at radius 1 is 1.53 bits per heavy atom. The van der Waals surface area contributed by atoms with Crippen LogP contribution in [-0.4, -0.2) is 49.8 Å². The first-order valence-electron chi connectivity index (χ1n) is 4.61. The van der Waals surface area contributed by atoms with Crippen molar-refractivity contribution in [3.05, 3.63) is 11.9 Å². The van der Waals surface area contributed by atoms with Gasteiger partial charge in [-0.1, -0.05) is 0 Å². The van der Waals surface area contributed by atoms with Crippen molar-refractivity contribution >= 4 is 22.4 Å². The van der Waals surface area contributed by atoms with E-state index >= 15 is 0 Å². The highest BCUT2D eigenvalue weighted by atomic mass is 32.2. The SMILES string of the molecule is Nc1cn[nH]c1C(=O)N1CCS(=O)CC1. The fourth-order valence-corrected chi connectivity index (χ4v) is 2.52. The molecule has 2 rings (SSSR count). The molecule has 0 spiro atoms. The molecule has 0 unspecified atom stereocenters. The van der Waals surface area contributed by atoms with Gasteiger partial charge >= 0.3 is 0 Å². The number of H-pyrrole nitrogens is 1. The van der Waals surface area contributed by atoms with Crippen molar-refractivity contribution in [2.75, 3.05) is 30.3 Å². The van der Waals surface area contributed by atoms with Gasteiger partial charge in [-0.05, 0) is 0 Å². The lowest BCUT2D eigenvalue weighted by molar-refractivity contribution is 0.0766. The number of hydrogen-bond acceptors (Lipinski definition) is 4. The molecule has 1 saturated heterocycles. The van der Waals surface area contributed by atoms with Crippen LogP contribution in [0.4, 0.5) is 5.69 Å². The standard InChI is InChI=1S/C8H12N4O2S/c9-6-5-10-11-7(6)8(13)12-1-3-15(14)4-2-12/h5H,1-4,9H2,(H,10,11). The fraction of sp³-hybridized carbons (Fsp3) is 0.500. The molecule has 7 heteroatoms. The predicted molar refractivity (Wildman–Crippen MR) is 56.8 cm³/mol. The third-order valence-corrected chi connectivity index (χ3v) is 3.62. The molecule has 82 valence electrons. The Bertz CT molecular complexity index is 393. The van der Waals surface area contributed by atoms with Crippen LogP contribution in [-0.2, 0) is 10.8 Å². The molecule has 2 heterocycles. The molecule has 1 aliphatic rings. The average molecular weight is 228 g/mol. The zero-order valence-corrected chi connectivity index (χ0v) is 8.92. The highest BCUT2D eigenvalue weighted by Gasteiger charge is 2.23. The number of nitrogen functional groups attached to an aromatic ring is 1. The van der Waals surface area contributed by atoms with Gasteiger partial charge in [0.15, 0.2) is 0 Å². The van der Waals surface area contributed by atoms with E-state index < -0.39 is 10.8 Å². The van der Waals surface area contributed by atoms with Gasteiger partial charge in [-0.3, -0.25) is 14.1 Å². The number of hydrogen-bond donors (Lipinski definition) is 2. The van der Waals surface area contributed by atoms with Crippen LogP contribution in [0.5, 0.6) is 0 Å². The molecule has 0 aliphatic carbocycles. The second-order valence-electron chi connectivity index (χ2n) is 3.34. The maximum Gasteiger partial charge on any atom is 0.274 e. The molecule has 15 heavy (non-hydrogen) atoms. The molecule has 0 aromatic carbocycles. The van der Waals surface area contributed by atoms with Crippen LogP contribution in [0.25, 0.3) is 0 Å². The van der Waals surface area contributed by atoms with Crippen LogP contribution < -0.4 is 5.73 Å². The van der Waals surface area contributed by atoms with E-state index in [1.165, 1.54) is 6.20 Å². The molecule has 0 bridgehead atoms. The Morgan fingerprint density at radius 3 is 2.73 bits per heavy atom. The first kappa shape index (κ1) is 10.2. The van der Waals surface area contributed by atoms with Crippen LogP contribution in [0.1, 0.15) is 10.5 Å². The Labute approximate surface area is 89.3 Å². The van der Waals surface area contributed by atoms with Crippen molar-refractivity contribution in [3.63, 3.8) is 0 Å². The minimum atomic E-state index is -0.781. The number of aromatic nitrogens is 2. The molecule has 0 saturated carbocycles. The van der Waals surface area contributed by atoms with Crippen molar-refractivity contribution in [3.8, 4) is 0 Å². The van der Waals surface area contributed by atoms with Gasteiger partial charge in [0.25, 0.3) is 5.91 Å². The number of nitrogens with one attached hydrogen (secondary N) is 1. The zero-order valence-electron chi connectivity index (χ0n) is 8.10. The van der Waals surface area contributed by atoms with Crippen LogP contribution in [0.15, 0.2) is 6.20 Å². The van der Waals surface area contributed by atoms with Gasteiger partial charge in [0, 0.05) is 35.4 Å². The second-order valence-corrected chi connectivity index (χ2v) is 5.04. The summed E-state index contributed by atoms with van der Waals surface area (Å²) in [6.07, 6.45) is 1.41. The zero-order chi connectivity index (χ0) is 10.8. The van der Waals surface area contributed by atoms with E-state index in [4.69, 9.17) is 5.73 Å². The molecular weight excluding hydrogens is 216 g/mol. The number of nitrogens with two attached hydrogens (primary N) is 1. The molecule has 0 atom stereocenters. The van der Waals surface area contributed by atoms with E-state index in [0.29, 0.717) is 36.0 Å². The van der Waals surface area contributed by atoms with Gasteiger partial charge in [-0.15, -0.1) is 0 Å². The maximum atomic E-state index is 11.9. The molecule has 6 nitrogen and oxygen atoms in total. The summed E-state index contributed by atoms with van der Waals surface area (Å²) in [7, 11) is -0.781. The Balaban J connectivity index is 2.09. The van der Waals surface area contributed by atoms with E-state index in [0.717, 1.165) is 0 Å². The number of aromatic amines is 1. The van der Waals surface area contributed by atoms with Crippen molar-refractivity contribution in [2.24, 2.45) is 0 Å². The van der Waals surface area contributed by atoms with Crippen molar-refractivity contribution in [2.45, 2.75) is 0 Å². The molecule has 1 aliphatic heterocycles. The van der Waals surface area contributed by atoms with E-state index in [1.807, 2.05) is 0 Å². The number of nitrogens with zero attached hydrogens (tertiary/aromatic N) is 2. The minimum Gasteiger partial charge on any atom is -0.396 e. The Morgan fingerprint density at radius 2 is 2.20 bits per heavy atom. The topological polar surface area (TPSA) is 92.1 Å². The van der Waals surface area contributed by atoms with E-state index in [9.17, 15) is 9.00 Å². The molecule has 0 radical (unpaired) electrons. The molecule has 1 aromatic rings. The summed E-state index contributed by atoms with van der Waals surface area (Å²) in [5.41, 5.74) is 6.25. The lowest BCUT2D eigenvalue weighted by Gasteiger charge is -2.25. The fourth-order valence-electron chi connectivity index (χ4n) is 1.47. The normalized spacial score (nSPS) is 18.0. The van der Waals surface area contributed by atoms with Gasteiger partial charge < -0.3 is 10.6 Å². The summed E-state index contributed by atoms with van der Waals surface area (Å²) >= 11 is 0. The van der Waals surface area contributed by atoms with Crippen molar-refractivity contribution in [1.82, 2.24) is 15.1 Å². The van der Waals surface area contributed by atoms with Gasteiger partial charge in [-0.2, -0.15) is 5.10 Å². The monoisotopic (exact) mass is 228 g/mol. The van der Waals surface area contributed by atoms with Gasteiger partial charge in [0.05, 0.1) is 11.9 Å². The third-order valence-electron chi connectivity index (χ3n) is 2.35. The average Bonchev–Trinajstić information content (AvgIpc) is 2.65. The number of carbonyl (C=O) groups excluding carboxylic acids is 1. The molecular formula is C8H12N4O2S. The summed E-state index contributed by atoms with van der Waals surface area (Å²) in [6.45, 7) is 1.04. The van der Waals surface area contributed by atoms with Gasteiger partial charge in [0.1, 0.15) is 5.69 Å².